The second kappa shape index (κ2) is 7.21. The summed E-state index contributed by atoms with van der Waals surface area (Å²) in [5, 5.41) is 3.29. The van der Waals surface area contributed by atoms with Crippen LogP contribution in [-0.4, -0.2) is 38.4 Å². The molecule has 0 aromatic heterocycles. The molecular weight excluding hydrogens is 294 g/mol. The molecule has 5 nitrogen and oxygen atoms in total. The molecule has 1 saturated heterocycles. The van der Waals surface area contributed by atoms with Crippen molar-refractivity contribution in [2.45, 2.75) is 39.2 Å². The Bertz CT molecular complexity index is 550. The molecular formula is C18H27NO4. The molecule has 1 aliphatic heterocycles. The van der Waals surface area contributed by atoms with Crippen molar-refractivity contribution in [2.75, 3.05) is 26.8 Å². The van der Waals surface area contributed by atoms with Gasteiger partial charge in [-0.1, -0.05) is 6.07 Å². The van der Waals surface area contributed by atoms with Gasteiger partial charge in [0.15, 0.2) is 11.5 Å². The summed E-state index contributed by atoms with van der Waals surface area (Å²) in [6.07, 6.45) is 0. The Kier molecular flexibility index (Phi) is 5.52. The van der Waals surface area contributed by atoms with Crippen LogP contribution in [0.25, 0.3) is 0 Å². The molecule has 128 valence electrons. The normalized spacial score (nSPS) is 21.1. The molecule has 1 heterocycles. The molecule has 0 bridgehead atoms. The Morgan fingerprint density at radius 3 is 2.61 bits per heavy atom. The number of carbonyl (C=O) groups excluding carboxylic acids is 1. The number of hydrogen-bond acceptors (Lipinski definition) is 5. The van der Waals surface area contributed by atoms with E-state index in [1.165, 1.54) is 0 Å². The van der Waals surface area contributed by atoms with Crippen molar-refractivity contribution < 1.29 is 19.0 Å². The highest BCUT2D eigenvalue weighted by atomic mass is 16.6. The molecule has 0 aliphatic carbocycles. The molecule has 1 aromatic rings. The molecule has 0 saturated carbocycles. The van der Waals surface area contributed by atoms with Crippen LogP contribution in [0.5, 0.6) is 11.5 Å². The van der Waals surface area contributed by atoms with Crippen LogP contribution in [-0.2, 0) is 9.53 Å². The topological polar surface area (TPSA) is 56.8 Å². The Balaban J connectivity index is 2.22. The first-order valence-electron chi connectivity index (χ1n) is 8.10. The minimum atomic E-state index is -0.472. The first kappa shape index (κ1) is 17.6. The number of carbonyl (C=O) groups is 1. The SMILES string of the molecule is CCOc1cc(C2CNCC2C(=O)OC(C)(C)C)ccc1OC. The summed E-state index contributed by atoms with van der Waals surface area (Å²) < 4.78 is 16.5. The third kappa shape index (κ3) is 4.38. The van der Waals surface area contributed by atoms with Crippen molar-refractivity contribution in [3.05, 3.63) is 23.8 Å². The quantitative estimate of drug-likeness (QED) is 0.845. The predicted octanol–water partition coefficient (Wildman–Crippen LogP) is 2.74. The smallest absolute Gasteiger partial charge is 0.311 e. The maximum atomic E-state index is 12.5. The Morgan fingerprint density at radius 1 is 1.26 bits per heavy atom. The van der Waals surface area contributed by atoms with Gasteiger partial charge in [0.1, 0.15) is 5.60 Å². The molecule has 1 aliphatic rings. The van der Waals surface area contributed by atoms with Gasteiger partial charge in [-0.25, -0.2) is 0 Å². The maximum Gasteiger partial charge on any atom is 0.311 e. The van der Waals surface area contributed by atoms with Gasteiger partial charge in [-0.15, -0.1) is 0 Å². The average molecular weight is 321 g/mol. The van der Waals surface area contributed by atoms with E-state index < -0.39 is 5.60 Å². The predicted molar refractivity (Wildman–Crippen MR) is 89.1 cm³/mol. The monoisotopic (exact) mass is 321 g/mol. The van der Waals surface area contributed by atoms with Gasteiger partial charge in [0.05, 0.1) is 19.6 Å². The average Bonchev–Trinajstić information content (AvgIpc) is 2.95. The van der Waals surface area contributed by atoms with Gasteiger partial charge in [0.2, 0.25) is 0 Å². The van der Waals surface area contributed by atoms with Crippen molar-refractivity contribution in [2.24, 2.45) is 5.92 Å². The summed E-state index contributed by atoms with van der Waals surface area (Å²) in [5.74, 6) is 1.16. The highest BCUT2D eigenvalue weighted by Gasteiger charge is 2.37. The largest absolute Gasteiger partial charge is 0.493 e. The van der Waals surface area contributed by atoms with E-state index in [0.29, 0.717) is 24.7 Å². The van der Waals surface area contributed by atoms with Crippen LogP contribution >= 0.6 is 0 Å². The van der Waals surface area contributed by atoms with E-state index in [1.54, 1.807) is 7.11 Å². The van der Waals surface area contributed by atoms with Crippen LogP contribution < -0.4 is 14.8 Å². The number of ether oxygens (including phenoxy) is 3. The van der Waals surface area contributed by atoms with Crippen LogP contribution in [0.2, 0.25) is 0 Å². The summed E-state index contributed by atoms with van der Waals surface area (Å²) in [7, 11) is 1.62. The van der Waals surface area contributed by atoms with Crippen LogP contribution in [0.15, 0.2) is 18.2 Å². The second-order valence-corrected chi connectivity index (χ2v) is 6.75. The highest BCUT2D eigenvalue weighted by Crippen LogP contribution is 2.36. The fourth-order valence-corrected chi connectivity index (χ4v) is 2.85. The number of hydrogen-bond donors (Lipinski definition) is 1. The zero-order chi connectivity index (χ0) is 17.0. The van der Waals surface area contributed by atoms with Gasteiger partial charge in [0, 0.05) is 19.0 Å². The molecule has 5 heteroatoms. The van der Waals surface area contributed by atoms with E-state index in [1.807, 2.05) is 45.9 Å². The van der Waals surface area contributed by atoms with E-state index in [2.05, 4.69) is 5.32 Å². The number of methoxy groups -OCH3 is 1. The number of benzene rings is 1. The van der Waals surface area contributed by atoms with Crippen molar-refractivity contribution in [3.63, 3.8) is 0 Å². The summed E-state index contributed by atoms with van der Waals surface area (Å²) in [4.78, 5) is 12.5. The summed E-state index contributed by atoms with van der Waals surface area (Å²) in [5.41, 5.74) is 0.593. The summed E-state index contributed by atoms with van der Waals surface area (Å²) in [6.45, 7) is 9.57. The Labute approximate surface area is 138 Å². The number of nitrogens with one attached hydrogen (secondary N) is 1. The molecule has 1 N–H and O–H groups in total. The molecule has 2 atom stereocenters. The molecule has 23 heavy (non-hydrogen) atoms. The molecule has 0 spiro atoms. The van der Waals surface area contributed by atoms with Gasteiger partial charge in [-0.2, -0.15) is 0 Å². The van der Waals surface area contributed by atoms with Crippen LogP contribution in [0, 0.1) is 5.92 Å². The van der Waals surface area contributed by atoms with E-state index in [0.717, 1.165) is 12.1 Å². The standard InChI is InChI=1S/C18H27NO4/c1-6-22-16-9-12(7-8-15(16)21-5)13-10-19-11-14(13)17(20)23-18(2,3)4/h7-9,13-14,19H,6,10-11H2,1-5H3. The van der Waals surface area contributed by atoms with E-state index in [4.69, 9.17) is 14.2 Å². The fraction of sp³-hybridized carbons (Fsp3) is 0.611. The maximum absolute atomic E-state index is 12.5. The lowest BCUT2D eigenvalue weighted by Gasteiger charge is -2.25. The van der Waals surface area contributed by atoms with Gasteiger partial charge in [0.25, 0.3) is 0 Å². The van der Waals surface area contributed by atoms with Crippen molar-refractivity contribution in [1.82, 2.24) is 5.32 Å². The minimum absolute atomic E-state index is 0.0787. The third-order valence-electron chi connectivity index (χ3n) is 3.84. The van der Waals surface area contributed by atoms with E-state index in [-0.39, 0.29) is 17.8 Å². The first-order chi connectivity index (χ1) is 10.9. The Morgan fingerprint density at radius 2 is 2.00 bits per heavy atom. The van der Waals surface area contributed by atoms with Gasteiger partial charge >= 0.3 is 5.97 Å². The van der Waals surface area contributed by atoms with E-state index in [9.17, 15) is 4.79 Å². The van der Waals surface area contributed by atoms with Crippen molar-refractivity contribution in [3.8, 4) is 11.5 Å². The van der Waals surface area contributed by atoms with Crippen molar-refractivity contribution >= 4 is 5.97 Å². The lowest BCUT2D eigenvalue weighted by atomic mass is 9.88. The summed E-state index contributed by atoms with van der Waals surface area (Å²) in [6, 6.07) is 5.86. The zero-order valence-corrected chi connectivity index (χ0v) is 14.6. The first-order valence-corrected chi connectivity index (χ1v) is 8.10. The van der Waals surface area contributed by atoms with Crippen LogP contribution in [0.4, 0.5) is 0 Å². The fourth-order valence-electron chi connectivity index (χ4n) is 2.85. The lowest BCUT2D eigenvalue weighted by Crippen LogP contribution is -2.31. The highest BCUT2D eigenvalue weighted by molar-refractivity contribution is 5.75. The Hall–Kier alpha value is -1.75. The molecule has 1 fully saturated rings. The summed E-state index contributed by atoms with van der Waals surface area (Å²) >= 11 is 0. The lowest BCUT2D eigenvalue weighted by molar-refractivity contribution is -0.159. The molecule has 0 radical (unpaired) electrons. The molecule has 0 amide bonds. The minimum Gasteiger partial charge on any atom is -0.493 e. The molecule has 2 rings (SSSR count). The van der Waals surface area contributed by atoms with Crippen LogP contribution in [0.1, 0.15) is 39.2 Å². The number of esters is 1. The van der Waals surface area contributed by atoms with Gasteiger partial charge < -0.3 is 19.5 Å². The van der Waals surface area contributed by atoms with E-state index >= 15 is 0 Å². The molecule has 1 aromatic carbocycles. The zero-order valence-electron chi connectivity index (χ0n) is 14.6. The van der Waals surface area contributed by atoms with Gasteiger partial charge in [-0.3, -0.25) is 4.79 Å². The number of rotatable bonds is 5. The third-order valence-corrected chi connectivity index (χ3v) is 3.84. The van der Waals surface area contributed by atoms with Crippen molar-refractivity contribution in [1.29, 1.82) is 0 Å². The van der Waals surface area contributed by atoms with Crippen LogP contribution in [0.3, 0.4) is 0 Å². The van der Waals surface area contributed by atoms with Gasteiger partial charge in [-0.05, 0) is 45.4 Å². The second-order valence-electron chi connectivity index (χ2n) is 6.75. The molecule has 2 unspecified atom stereocenters.